The van der Waals surface area contributed by atoms with Gasteiger partial charge in [-0.15, -0.1) is 23.2 Å². The zero-order valence-corrected chi connectivity index (χ0v) is 13.8. The first kappa shape index (κ1) is 19.7. The Hall–Kier alpha value is 0.650. The first-order chi connectivity index (χ1) is 8.97. The van der Waals surface area contributed by atoms with Crippen LogP contribution in [-0.2, 0) is 9.09 Å². The van der Waals surface area contributed by atoms with E-state index < -0.39 is 7.75 Å². The zero-order chi connectivity index (χ0) is 14.7. The van der Waals surface area contributed by atoms with Crippen molar-refractivity contribution in [3.8, 4) is 0 Å². The smallest absolute Gasteiger partial charge is 0.328 e. The molecule has 0 spiro atoms. The van der Waals surface area contributed by atoms with Crippen molar-refractivity contribution in [3.05, 3.63) is 0 Å². The predicted octanol–water partition coefficient (Wildman–Crippen LogP) is 2.79. The molecule has 0 amide bonds. The molecule has 0 radical (unpaired) electrons. The van der Waals surface area contributed by atoms with Gasteiger partial charge < -0.3 is 15.2 Å². The molecule has 1 saturated carbocycles. The van der Waals surface area contributed by atoms with Gasteiger partial charge in [0.15, 0.2) is 0 Å². The first-order valence-electron chi connectivity index (χ1n) is 6.49. The summed E-state index contributed by atoms with van der Waals surface area (Å²) in [5.41, 5.74) is 5.63. The van der Waals surface area contributed by atoms with Gasteiger partial charge in [0.25, 0.3) is 0 Å². The van der Waals surface area contributed by atoms with Crippen molar-refractivity contribution in [1.82, 2.24) is 4.67 Å². The second kappa shape index (κ2) is 11.3. The maximum atomic E-state index is 11.2. The van der Waals surface area contributed by atoms with Crippen molar-refractivity contribution >= 4 is 30.9 Å². The van der Waals surface area contributed by atoms with E-state index in [0.29, 0.717) is 6.04 Å². The Labute approximate surface area is 126 Å². The van der Waals surface area contributed by atoms with E-state index in [9.17, 15) is 9.46 Å². The van der Waals surface area contributed by atoms with Gasteiger partial charge in [0.1, 0.15) is 0 Å². The summed E-state index contributed by atoms with van der Waals surface area (Å²) in [5, 5.41) is 0. The molecule has 0 heterocycles. The molecule has 1 aliphatic carbocycles. The van der Waals surface area contributed by atoms with Crippen LogP contribution in [0, 0.1) is 0 Å². The fourth-order valence-corrected chi connectivity index (χ4v) is 3.39. The van der Waals surface area contributed by atoms with E-state index in [1.807, 2.05) is 0 Å². The minimum Gasteiger partial charge on any atom is -0.328 e. The summed E-state index contributed by atoms with van der Waals surface area (Å²) >= 11 is 10.8. The number of alkyl halides is 2. The molecule has 5 nitrogen and oxygen atoms in total. The lowest BCUT2D eigenvalue weighted by atomic mass is 9.97. The number of nitrogens with zero attached hydrogens (tertiary/aromatic N) is 1. The fraction of sp³-hybridized carbons (Fsp3) is 1.00. The van der Waals surface area contributed by atoms with Gasteiger partial charge in [-0.05, 0) is 12.8 Å². The highest BCUT2D eigenvalue weighted by Crippen LogP contribution is 2.44. The van der Waals surface area contributed by atoms with E-state index in [2.05, 4.69) is 4.52 Å². The number of hydrogen-bond donors (Lipinski definition) is 2. The Morgan fingerprint density at radius 3 is 2.00 bits per heavy atom. The van der Waals surface area contributed by atoms with E-state index >= 15 is 0 Å². The molecule has 116 valence electrons. The maximum Gasteiger partial charge on any atom is 0.405 e. The average molecular weight is 335 g/mol. The summed E-state index contributed by atoms with van der Waals surface area (Å²) in [7, 11) is -2.48. The lowest BCUT2D eigenvalue weighted by Gasteiger charge is -2.23. The first-order valence-corrected chi connectivity index (χ1v) is 9.09. The van der Waals surface area contributed by atoms with Crippen molar-refractivity contribution < 1.29 is 14.0 Å². The molecule has 3 N–H and O–H groups in total. The maximum absolute atomic E-state index is 11.2. The van der Waals surface area contributed by atoms with Crippen LogP contribution in [0.15, 0.2) is 0 Å². The van der Waals surface area contributed by atoms with Crippen LogP contribution in [0.25, 0.3) is 0 Å². The van der Waals surface area contributed by atoms with Crippen LogP contribution in [0.1, 0.15) is 32.1 Å². The third-order valence-corrected chi connectivity index (χ3v) is 4.86. The zero-order valence-electron chi connectivity index (χ0n) is 11.4. The van der Waals surface area contributed by atoms with Crippen LogP contribution in [-0.4, -0.2) is 47.6 Å². The van der Waals surface area contributed by atoms with Gasteiger partial charge in [0, 0.05) is 38.0 Å². The Bertz CT molecular complexity index is 260. The Balaban J connectivity index is 0.000000388. The monoisotopic (exact) mass is 334 g/mol. The molecule has 0 bridgehead atoms. The van der Waals surface area contributed by atoms with Gasteiger partial charge in [-0.3, -0.25) is 0 Å². The molecular weight excluding hydrogens is 310 g/mol. The standard InChI is InChI=1S/C6H13N.C5H12Cl2NO3P/c7-6-4-2-1-3-5-6;1-11-12(9,10)8(4-2-6)5-3-7/h6H,1-5,7H2;2-5H2,1H3,(H,9,10). The molecule has 0 saturated heterocycles. The van der Waals surface area contributed by atoms with Crippen molar-refractivity contribution in [1.29, 1.82) is 0 Å². The second-order valence-corrected chi connectivity index (χ2v) is 7.07. The Morgan fingerprint density at radius 1 is 1.26 bits per heavy atom. The fourth-order valence-electron chi connectivity index (χ4n) is 1.81. The van der Waals surface area contributed by atoms with Crippen LogP contribution >= 0.6 is 30.9 Å². The van der Waals surface area contributed by atoms with Crippen molar-refractivity contribution in [2.75, 3.05) is 32.0 Å². The quantitative estimate of drug-likeness (QED) is 0.577. The van der Waals surface area contributed by atoms with Gasteiger partial charge in [0.05, 0.1) is 0 Å². The summed E-state index contributed by atoms with van der Waals surface area (Å²) in [6.45, 7) is 0.575. The van der Waals surface area contributed by atoms with Gasteiger partial charge in [-0.25, -0.2) is 9.24 Å². The number of nitrogens with two attached hydrogens (primary N) is 1. The third kappa shape index (κ3) is 9.24. The van der Waals surface area contributed by atoms with E-state index in [1.54, 1.807) is 0 Å². The number of hydrogen-bond acceptors (Lipinski definition) is 3. The van der Waals surface area contributed by atoms with Crippen LogP contribution in [0.5, 0.6) is 0 Å². The molecule has 1 rings (SSSR count). The van der Waals surface area contributed by atoms with Gasteiger partial charge in [-0.1, -0.05) is 19.3 Å². The average Bonchev–Trinajstić information content (AvgIpc) is 2.40. The highest BCUT2D eigenvalue weighted by Gasteiger charge is 2.26. The van der Waals surface area contributed by atoms with Gasteiger partial charge in [-0.2, -0.15) is 0 Å². The molecule has 0 aromatic carbocycles. The third-order valence-electron chi connectivity index (χ3n) is 2.93. The minimum atomic E-state index is -3.65. The van der Waals surface area contributed by atoms with E-state index in [0.717, 1.165) is 0 Å². The molecule has 1 unspecified atom stereocenters. The molecule has 1 aliphatic rings. The summed E-state index contributed by atoms with van der Waals surface area (Å²) in [4.78, 5) is 9.19. The molecular formula is C11H25Cl2N2O3P. The summed E-state index contributed by atoms with van der Waals surface area (Å²) in [5.74, 6) is 0.537. The van der Waals surface area contributed by atoms with E-state index in [4.69, 9.17) is 28.9 Å². The van der Waals surface area contributed by atoms with Crippen LogP contribution in [0.4, 0.5) is 0 Å². The van der Waals surface area contributed by atoms with Gasteiger partial charge >= 0.3 is 7.75 Å². The molecule has 0 aliphatic heterocycles. The summed E-state index contributed by atoms with van der Waals surface area (Å²) in [6, 6.07) is 0.536. The van der Waals surface area contributed by atoms with Gasteiger partial charge in [0.2, 0.25) is 0 Å². The van der Waals surface area contributed by atoms with Crippen molar-refractivity contribution in [3.63, 3.8) is 0 Å². The largest absolute Gasteiger partial charge is 0.405 e. The second-order valence-electron chi connectivity index (χ2n) is 4.40. The predicted molar refractivity (Wildman–Crippen MR) is 80.9 cm³/mol. The van der Waals surface area contributed by atoms with E-state index in [-0.39, 0.29) is 24.8 Å². The van der Waals surface area contributed by atoms with Crippen LogP contribution in [0.2, 0.25) is 0 Å². The SMILES string of the molecule is COP(=O)(O)N(CCCl)CCCl.NC1CCCCC1. The van der Waals surface area contributed by atoms with Crippen molar-refractivity contribution in [2.24, 2.45) is 5.73 Å². The van der Waals surface area contributed by atoms with E-state index in [1.165, 1.54) is 43.9 Å². The molecule has 1 fully saturated rings. The van der Waals surface area contributed by atoms with Crippen molar-refractivity contribution in [2.45, 2.75) is 38.1 Å². The van der Waals surface area contributed by atoms with Crippen LogP contribution < -0.4 is 5.73 Å². The van der Waals surface area contributed by atoms with Crippen LogP contribution in [0.3, 0.4) is 0 Å². The molecule has 0 aromatic heterocycles. The Morgan fingerprint density at radius 2 is 1.74 bits per heavy atom. The normalized spacial score (nSPS) is 19.7. The Kier molecular flexibility index (Phi) is 11.7. The highest BCUT2D eigenvalue weighted by molar-refractivity contribution is 7.50. The highest BCUT2D eigenvalue weighted by atomic mass is 35.5. The topological polar surface area (TPSA) is 75.8 Å². The molecule has 19 heavy (non-hydrogen) atoms. The lowest BCUT2D eigenvalue weighted by molar-refractivity contribution is 0.245. The number of rotatable bonds is 6. The summed E-state index contributed by atoms with van der Waals surface area (Å²) in [6.07, 6.45) is 6.66. The molecule has 8 heteroatoms. The summed E-state index contributed by atoms with van der Waals surface area (Å²) < 4.78 is 16.9. The number of halogens is 2. The minimum absolute atomic E-state index is 0.269. The lowest BCUT2D eigenvalue weighted by Crippen LogP contribution is -2.25. The molecule has 0 aromatic rings. The molecule has 1 atom stereocenters.